The molecule has 2 rings (SSSR count). The molecule has 2 aromatic carbocycles. The first-order valence-electron chi connectivity index (χ1n) is 5.59. The summed E-state index contributed by atoms with van der Waals surface area (Å²) in [5, 5.41) is 14.7. The highest BCUT2D eigenvalue weighted by molar-refractivity contribution is 9.11. The monoisotopic (exact) mass is 418 g/mol. The Morgan fingerprint density at radius 1 is 1.20 bits per heavy atom. The first-order chi connectivity index (χ1) is 9.49. The highest BCUT2D eigenvalue weighted by atomic mass is 79.9. The lowest BCUT2D eigenvalue weighted by molar-refractivity contribution is -0.385. The van der Waals surface area contributed by atoms with E-state index in [-0.39, 0.29) is 10.6 Å². The predicted octanol–water partition coefficient (Wildman–Crippen LogP) is 5.39. The fourth-order valence-electron chi connectivity index (χ4n) is 1.73. The summed E-state index contributed by atoms with van der Waals surface area (Å²) in [6, 6.07) is 10.2. The fourth-order valence-corrected chi connectivity index (χ4v) is 3.68. The van der Waals surface area contributed by atoms with E-state index in [1.165, 1.54) is 6.07 Å². The number of halogens is 3. The van der Waals surface area contributed by atoms with Gasteiger partial charge in [0, 0.05) is 32.1 Å². The van der Waals surface area contributed by atoms with E-state index < -0.39 is 0 Å². The van der Waals surface area contributed by atoms with Crippen molar-refractivity contribution in [3.8, 4) is 0 Å². The first kappa shape index (κ1) is 15.3. The van der Waals surface area contributed by atoms with Crippen LogP contribution in [0.3, 0.4) is 0 Å². The topological polar surface area (TPSA) is 55.2 Å². The lowest BCUT2D eigenvalue weighted by atomic mass is 10.2. The molecular weight excluding hydrogens is 411 g/mol. The van der Waals surface area contributed by atoms with Crippen molar-refractivity contribution in [1.82, 2.24) is 0 Å². The molecule has 0 fully saturated rings. The van der Waals surface area contributed by atoms with Crippen LogP contribution < -0.4 is 5.32 Å². The third kappa shape index (κ3) is 3.50. The quantitative estimate of drug-likeness (QED) is 0.533. The van der Waals surface area contributed by atoms with Gasteiger partial charge in [-0.15, -0.1) is 0 Å². The first-order valence-corrected chi connectivity index (χ1v) is 7.56. The summed E-state index contributed by atoms with van der Waals surface area (Å²) in [7, 11) is 0. The summed E-state index contributed by atoms with van der Waals surface area (Å²) in [6.07, 6.45) is 0. The number of nitro benzene ring substituents is 1. The molecule has 0 aromatic heterocycles. The summed E-state index contributed by atoms with van der Waals surface area (Å²) >= 11 is 12.7. The molecule has 0 radical (unpaired) electrons. The zero-order valence-electron chi connectivity index (χ0n) is 10.1. The second-order valence-corrected chi connectivity index (χ2v) is 6.13. The van der Waals surface area contributed by atoms with Gasteiger partial charge >= 0.3 is 0 Å². The molecule has 0 saturated heterocycles. The van der Waals surface area contributed by atoms with Crippen LogP contribution in [0.5, 0.6) is 0 Å². The van der Waals surface area contributed by atoms with Crippen LogP contribution in [-0.4, -0.2) is 4.92 Å². The summed E-state index contributed by atoms with van der Waals surface area (Å²) in [6.45, 7) is 0.343. The van der Waals surface area contributed by atoms with E-state index in [4.69, 9.17) is 11.6 Å². The van der Waals surface area contributed by atoms with Crippen molar-refractivity contribution in [1.29, 1.82) is 0 Å². The minimum Gasteiger partial charge on any atom is -0.379 e. The van der Waals surface area contributed by atoms with Crippen LogP contribution in [0.15, 0.2) is 45.3 Å². The van der Waals surface area contributed by atoms with Gasteiger partial charge in [0.1, 0.15) is 0 Å². The molecule has 0 aliphatic heterocycles. The number of para-hydroxylation sites is 1. The van der Waals surface area contributed by atoms with Gasteiger partial charge in [0.05, 0.1) is 10.6 Å². The summed E-state index contributed by atoms with van der Waals surface area (Å²) in [4.78, 5) is 10.6. The standard InChI is InChI=1S/C13H9Br2ClN2O2/c14-10-5-9(16)6-11(15)13(10)17-7-8-3-1-2-4-12(8)18(19)20/h1-6,17H,7H2. The van der Waals surface area contributed by atoms with Gasteiger partial charge in [-0.1, -0.05) is 29.8 Å². The number of nitro groups is 1. The van der Waals surface area contributed by atoms with Crippen molar-refractivity contribution in [2.45, 2.75) is 6.54 Å². The molecule has 0 heterocycles. The lowest BCUT2D eigenvalue weighted by Crippen LogP contribution is -2.04. The molecule has 7 heteroatoms. The second-order valence-electron chi connectivity index (χ2n) is 3.98. The second kappa shape index (κ2) is 6.56. The van der Waals surface area contributed by atoms with Gasteiger partial charge in [-0.25, -0.2) is 0 Å². The lowest BCUT2D eigenvalue weighted by Gasteiger charge is -2.11. The molecule has 0 saturated carbocycles. The number of rotatable bonds is 4. The zero-order valence-corrected chi connectivity index (χ0v) is 14.0. The van der Waals surface area contributed by atoms with Gasteiger partial charge in [0.25, 0.3) is 5.69 Å². The maximum atomic E-state index is 11.0. The third-order valence-electron chi connectivity index (χ3n) is 2.65. The normalized spacial score (nSPS) is 10.3. The van der Waals surface area contributed by atoms with E-state index in [0.717, 1.165) is 14.6 Å². The summed E-state index contributed by atoms with van der Waals surface area (Å²) in [5.41, 5.74) is 1.51. The zero-order chi connectivity index (χ0) is 14.7. The average molecular weight is 420 g/mol. The predicted molar refractivity (Wildman–Crippen MR) is 87.3 cm³/mol. The molecule has 0 aliphatic rings. The minimum absolute atomic E-state index is 0.0983. The summed E-state index contributed by atoms with van der Waals surface area (Å²) < 4.78 is 1.57. The van der Waals surface area contributed by atoms with Crippen LogP contribution in [0.25, 0.3) is 0 Å². The van der Waals surface area contributed by atoms with Gasteiger partial charge in [-0.2, -0.15) is 0 Å². The van der Waals surface area contributed by atoms with Crippen molar-refractivity contribution in [3.05, 3.63) is 66.0 Å². The average Bonchev–Trinajstić information content (AvgIpc) is 2.37. The van der Waals surface area contributed by atoms with Crippen LogP contribution in [-0.2, 0) is 6.54 Å². The number of benzene rings is 2. The van der Waals surface area contributed by atoms with Crippen molar-refractivity contribution < 1.29 is 4.92 Å². The van der Waals surface area contributed by atoms with Crippen molar-refractivity contribution in [2.75, 3.05) is 5.32 Å². The highest BCUT2D eigenvalue weighted by Crippen LogP contribution is 2.34. The Morgan fingerprint density at radius 2 is 1.80 bits per heavy atom. The number of nitrogens with one attached hydrogen (secondary N) is 1. The van der Waals surface area contributed by atoms with Crippen LogP contribution in [0.2, 0.25) is 5.02 Å². The molecule has 1 N–H and O–H groups in total. The van der Waals surface area contributed by atoms with Crippen molar-refractivity contribution in [3.63, 3.8) is 0 Å². The molecule has 0 unspecified atom stereocenters. The molecule has 2 aromatic rings. The van der Waals surface area contributed by atoms with E-state index in [0.29, 0.717) is 17.1 Å². The number of nitrogens with zero attached hydrogens (tertiary/aromatic N) is 1. The molecule has 20 heavy (non-hydrogen) atoms. The van der Waals surface area contributed by atoms with Gasteiger partial charge < -0.3 is 5.32 Å². The highest BCUT2D eigenvalue weighted by Gasteiger charge is 2.13. The number of hydrogen-bond donors (Lipinski definition) is 1. The van der Waals surface area contributed by atoms with Gasteiger partial charge in [-0.05, 0) is 44.0 Å². The smallest absolute Gasteiger partial charge is 0.274 e. The Balaban J connectivity index is 2.24. The largest absolute Gasteiger partial charge is 0.379 e. The molecule has 0 spiro atoms. The van der Waals surface area contributed by atoms with Crippen LogP contribution in [0.4, 0.5) is 11.4 Å². The van der Waals surface area contributed by atoms with E-state index in [1.54, 1.807) is 30.3 Å². The van der Waals surface area contributed by atoms with E-state index in [9.17, 15) is 10.1 Å². The Morgan fingerprint density at radius 3 is 2.40 bits per heavy atom. The summed E-state index contributed by atoms with van der Waals surface area (Å²) in [5.74, 6) is 0. The Labute approximate surface area is 137 Å². The van der Waals surface area contributed by atoms with Crippen LogP contribution >= 0.6 is 43.5 Å². The molecule has 104 valence electrons. The fraction of sp³-hybridized carbons (Fsp3) is 0.0769. The Bertz CT molecular complexity index is 642. The molecule has 0 aliphatic carbocycles. The Hall–Kier alpha value is -1.11. The molecule has 0 bridgehead atoms. The van der Waals surface area contributed by atoms with E-state index >= 15 is 0 Å². The van der Waals surface area contributed by atoms with Crippen LogP contribution in [0, 0.1) is 10.1 Å². The van der Waals surface area contributed by atoms with Gasteiger partial charge in [0.15, 0.2) is 0 Å². The maximum absolute atomic E-state index is 11.0. The molecular formula is C13H9Br2ClN2O2. The maximum Gasteiger partial charge on any atom is 0.274 e. The molecule has 0 atom stereocenters. The van der Waals surface area contributed by atoms with E-state index in [2.05, 4.69) is 37.2 Å². The van der Waals surface area contributed by atoms with Crippen LogP contribution in [0.1, 0.15) is 5.56 Å². The van der Waals surface area contributed by atoms with Crippen molar-refractivity contribution >= 4 is 54.8 Å². The minimum atomic E-state index is -0.386. The van der Waals surface area contributed by atoms with E-state index in [1.807, 2.05) is 0 Å². The van der Waals surface area contributed by atoms with Gasteiger partial charge in [0.2, 0.25) is 0 Å². The third-order valence-corrected chi connectivity index (χ3v) is 4.12. The van der Waals surface area contributed by atoms with Crippen molar-refractivity contribution in [2.24, 2.45) is 0 Å². The Kier molecular flexibility index (Phi) is 5.01. The number of anilines is 1. The number of hydrogen-bond acceptors (Lipinski definition) is 3. The molecule has 4 nitrogen and oxygen atoms in total. The van der Waals surface area contributed by atoms with Gasteiger partial charge in [-0.3, -0.25) is 10.1 Å². The molecule has 0 amide bonds. The SMILES string of the molecule is O=[N+]([O-])c1ccccc1CNc1c(Br)cc(Cl)cc1Br.